The second kappa shape index (κ2) is 32.0. The molecule has 9 heteroatoms. The first-order valence-electron chi connectivity index (χ1n) is 17.9. The molecule has 0 saturated carbocycles. The number of carbonyl (C=O) groups excluding carboxylic acids is 3. The molecule has 46 heavy (non-hydrogen) atoms. The van der Waals surface area contributed by atoms with Crippen LogP contribution in [0.4, 0.5) is 0 Å². The minimum Gasteiger partial charge on any atom is -0.480 e. The molecule has 0 aliphatic rings. The van der Waals surface area contributed by atoms with Crippen LogP contribution >= 0.6 is 0 Å². The number of allylic oxidation sites excluding steroid dienone is 5. The van der Waals surface area contributed by atoms with Gasteiger partial charge in [-0.1, -0.05) is 102 Å². The van der Waals surface area contributed by atoms with E-state index in [1.54, 1.807) is 0 Å². The molecule has 0 aromatic rings. The number of aliphatic hydroxyl groups is 1. The van der Waals surface area contributed by atoms with Gasteiger partial charge in [-0.15, -0.1) is 0 Å². The normalized spacial score (nSPS) is 12.9. The highest BCUT2D eigenvalue weighted by molar-refractivity contribution is 5.87. The summed E-state index contributed by atoms with van der Waals surface area (Å²) in [6, 6.07) is -1.39. The van der Waals surface area contributed by atoms with E-state index in [0.717, 1.165) is 77.0 Å². The molecule has 0 bridgehead atoms. The molecular weight excluding hydrogens is 584 g/mol. The SMILES string of the molecule is CCC/C=C\C/C=C\CCCCCCCC(=O)OC(/C=C\CCCCCC)CCCCCCC(=O)NCC(=O)NC(CO)C(=O)O. The number of nitrogens with one attached hydrogen (secondary N) is 2. The summed E-state index contributed by atoms with van der Waals surface area (Å²) in [5, 5.41) is 22.4. The van der Waals surface area contributed by atoms with Crippen molar-refractivity contribution in [1.29, 1.82) is 0 Å². The van der Waals surface area contributed by atoms with Gasteiger partial charge in [0.1, 0.15) is 12.1 Å². The van der Waals surface area contributed by atoms with Crippen LogP contribution in [0.5, 0.6) is 0 Å². The average molecular weight is 649 g/mol. The molecule has 2 unspecified atom stereocenters. The van der Waals surface area contributed by atoms with E-state index in [0.29, 0.717) is 12.8 Å². The quantitative estimate of drug-likeness (QED) is 0.0347. The number of hydrogen-bond acceptors (Lipinski definition) is 6. The molecule has 2 atom stereocenters. The van der Waals surface area contributed by atoms with Gasteiger partial charge in [0, 0.05) is 12.8 Å². The Morgan fingerprint density at radius 2 is 1.28 bits per heavy atom. The predicted molar refractivity (Wildman–Crippen MR) is 185 cm³/mol. The molecule has 0 heterocycles. The minimum atomic E-state index is -1.39. The van der Waals surface area contributed by atoms with E-state index < -0.39 is 24.5 Å². The Morgan fingerprint density at radius 1 is 0.674 bits per heavy atom. The van der Waals surface area contributed by atoms with E-state index in [1.165, 1.54) is 38.5 Å². The number of unbranched alkanes of at least 4 members (excludes halogenated alkanes) is 13. The zero-order chi connectivity index (χ0) is 34.1. The first kappa shape index (κ1) is 43.1. The Hall–Kier alpha value is -2.94. The van der Waals surface area contributed by atoms with Crippen molar-refractivity contribution in [3.63, 3.8) is 0 Å². The molecule has 0 aromatic heterocycles. The van der Waals surface area contributed by atoms with Crippen molar-refractivity contribution in [3.8, 4) is 0 Å². The van der Waals surface area contributed by atoms with Gasteiger partial charge in [-0.05, 0) is 70.3 Å². The lowest BCUT2D eigenvalue weighted by atomic mass is 10.1. The van der Waals surface area contributed by atoms with Gasteiger partial charge in [0.05, 0.1) is 13.2 Å². The number of ether oxygens (including phenoxy) is 1. The van der Waals surface area contributed by atoms with Gasteiger partial charge in [0.25, 0.3) is 0 Å². The van der Waals surface area contributed by atoms with Gasteiger partial charge in [0.2, 0.25) is 11.8 Å². The molecule has 0 spiro atoms. The van der Waals surface area contributed by atoms with Crippen molar-refractivity contribution < 1.29 is 34.1 Å². The van der Waals surface area contributed by atoms with Crippen molar-refractivity contribution in [2.24, 2.45) is 0 Å². The van der Waals surface area contributed by atoms with Crippen LogP contribution < -0.4 is 10.6 Å². The number of carbonyl (C=O) groups is 4. The number of carboxylic acid groups (broad SMARTS) is 1. The molecule has 0 saturated heterocycles. The van der Waals surface area contributed by atoms with Crippen molar-refractivity contribution in [2.75, 3.05) is 13.2 Å². The second-order valence-corrected chi connectivity index (χ2v) is 11.9. The molecule has 0 aliphatic carbocycles. The maximum atomic E-state index is 12.6. The number of aliphatic hydroxyl groups excluding tert-OH is 1. The van der Waals surface area contributed by atoms with E-state index in [-0.39, 0.29) is 30.9 Å². The van der Waals surface area contributed by atoms with Crippen LogP contribution in [0.2, 0.25) is 0 Å². The summed E-state index contributed by atoms with van der Waals surface area (Å²) in [7, 11) is 0. The minimum absolute atomic E-state index is 0.130. The third kappa shape index (κ3) is 28.5. The van der Waals surface area contributed by atoms with Crippen LogP contribution in [0.1, 0.15) is 149 Å². The zero-order valence-electron chi connectivity index (χ0n) is 28.8. The number of carboxylic acids is 1. The Labute approximate surface area is 278 Å². The van der Waals surface area contributed by atoms with Crippen molar-refractivity contribution in [1.82, 2.24) is 10.6 Å². The topological polar surface area (TPSA) is 142 Å². The first-order valence-corrected chi connectivity index (χ1v) is 17.9. The Morgan fingerprint density at radius 3 is 1.96 bits per heavy atom. The lowest BCUT2D eigenvalue weighted by Crippen LogP contribution is -2.47. The summed E-state index contributed by atoms with van der Waals surface area (Å²) < 4.78 is 5.84. The highest BCUT2D eigenvalue weighted by atomic mass is 16.5. The van der Waals surface area contributed by atoms with Crippen LogP contribution in [0.3, 0.4) is 0 Å². The molecule has 4 N–H and O–H groups in total. The maximum absolute atomic E-state index is 12.6. The van der Waals surface area contributed by atoms with E-state index in [9.17, 15) is 19.2 Å². The first-order chi connectivity index (χ1) is 22.3. The molecule has 0 rings (SSSR count). The van der Waals surface area contributed by atoms with Gasteiger partial charge >= 0.3 is 11.9 Å². The zero-order valence-corrected chi connectivity index (χ0v) is 28.8. The Kier molecular flexibility index (Phi) is 30.0. The molecule has 0 aromatic carbocycles. The molecule has 9 nitrogen and oxygen atoms in total. The molecule has 0 radical (unpaired) electrons. The summed E-state index contributed by atoms with van der Waals surface area (Å²) in [4.78, 5) is 47.2. The van der Waals surface area contributed by atoms with Gasteiger partial charge in [-0.2, -0.15) is 0 Å². The van der Waals surface area contributed by atoms with Gasteiger partial charge in [-0.3, -0.25) is 14.4 Å². The third-order valence-corrected chi connectivity index (χ3v) is 7.57. The van der Waals surface area contributed by atoms with Crippen molar-refractivity contribution in [2.45, 2.75) is 161 Å². The lowest BCUT2D eigenvalue weighted by molar-refractivity contribution is -0.147. The standard InChI is InChI=1S/C37H64N2O7/c1-3-5-7-9-11-12-13-14-15-16-17-19-25-29-36(43)46-32(26-22-18-10-8-6-4-2)27-23-20-21-24-28-34(41)38-30-35(42)39-33(31-40)37(44)45/h7,9,12-13,22,26,32-33,40H,3-6,8,10-11,14-21,23-25,27-31H2,1-2H3,(H,38,41)(H,39,42)(H,44,45)/b9-7-,13-12-,26-22-. The number of hydrogen-bond donors (Lipinski definition) is 4. The van der Waals surface area contributed by atoms with Crippen LogP contribution in [0, 0.1) is 0 Å². The van der Waals surface area contributed by atoms with Crippen LogP contribution in [0.15, 0.2) is 36.5 Å². The van der Waals surface area contributed by atoms with Crippen molar-refractivity contribution >= 4 is 23.8 Å². The van der Waals surface area contributed by atoms with Crippen LogP contribution in [0.25, 0.3) is 0 Å². The number of rotatable bonds is 31. The molecular formula is C37H64N2O7. The third-order valence-electron chi connectivity index (χ3n) is 7.57. The van der Waals surface area contributed by atoms with Crippen molar-refractivity contribution in [3.05, 3.63) is 36.5 Å². The summed E-state index contributed by atoms with van der Waals surface area (Å²) in [6.07, 6.45) is 33.4. The molecule has 2 amide bonds. The Balaban J connectivity index is 4.26. The summed E-state index contributed by atoms with van der Waals surface area (Å²) in [6.45, 7) is 3.33. The fourth-order valence-electron chi connectivity index (χ4n) is 4.78. The Bertz CT molecular complexity index is 885. The molecule has 264 valence electrons. The summed E-state index contributed by atoms with van der Waals surface area (Å²) in [5.41, 5.74) is 0. The van der Waals surface area contributed by atoms with Gasteiger partial charge in [0.15, 0.2) is 0 Å². The second-order valence-electron chi connectivity index (χ2n) is 11.9. The van der Waals surface area contributed by atoms with E-state index in [4.69, 9.17) is 14.9 Å². The average Bonchev–Trinajstić information content (AvgIpc) is 3.03. The molecule has 0 fully saturated rings. The summed E-state index contributed by atoms with van der Waals surface area (Å²) >= 11 is 0. The predicted octanol–water partition coefficient (Wildman–Crippen LogP) is 7.48. The largest absolute Gasteiger partial charge is 0.480 e. The van der Waals surface area contributed by atoms with Crippen LogP contribution in [-0.4, -0.2) is 59.3 Å². The highest BCUT2D eigenvalue weighted by Gasteiger charge is 2.18. The monoisotopic (exact) mass is 648 g/mol. The van der Waals surface area contributed by atoms with Gasteiger partial charge < -0.3 is 25.6 Å². The van der Waals surface area contributed by atoms with Crippen LogP contribution in [-0.2, 0) is 23.9 Å². The number of esters is 1. The number of amides is 2. The van der Waals surface area contributed by atoms with E-state index in [1.807, 2.05) is 6.08 Å². The van der Waals surface area contributed by atoms with E-state index in [2.05, 4.69) is 54.9 Å². The highest BCUT2D eigenvalue weighted by Crippen LogP contribution is 2.15. The summed E-state index contributed by atoms with van der Waals surface area (Å²) in [5.74, 6) is -2.42. The fraction of sp³-hybridized carbons (Fsp3) is 0.730. The number of aliphatic carboxylic acids is 1. The fourth-order valence-corrected chi connectivity index (χ4v) is 4.78. The molecule has 0 aliphatic heterocycles. The smallest absolute Gasteiger partial charge is 0.328 e. The van der Waals surface area contributed by atoms with E-state index >= 15 is 0 Å². The van der Waals surface area contributed by atoms with Gasteiger partial charge in [-0.25, -0.2) is 4.79 Å². The lowest BCUT2D eigenvalue weighted by Gasteiger charge is -2.15. The maximum Gasteiger partial charge on any atom is 0.328 e.